The lowest BCUT2D eigenvalue weighted by Gasteiger charge is -2.03. The largest absolute Gasteiger partial charge is 0.398 e. The summed E-state index contributed by atoms with van der Waals surface area (Å²) in [4.78, 5) is 3.60. The van der Waals surface area contributed by atoms with Crippen molar-refractivity contribution in [2.24, 2.45) is 0 Å². The van der Waals surface area contributed by atoms with Gasteiger partial charge >= 0.3 is 6.43 Å². The SMILES string of the molecule is Cc1c(N)cccc1-c1noc(C(F)F)n1. The van der Waals surface area contributed by atoms with Crippen LogP contribution in [0.1, 0.15) is 17.9 Å². The molecule has 2 rings (SSSR count). The fourth-order valence-corrected chi connectivity index (χ4v) is 1.33. The molecule has 0 aliphatic carbocycles. The maximum Gasteiger partial charge on any atom is 0.315 e. The summed E-state index contributed by atoms with van der Waals surface area (Å²) in [6.45, 7) is 1.77. The number of benzene rings is 1. The number of nitrogens with two attached hydrogens (primary N) is 1. The van der Waals surface area contributed by atoms with Gasteiger partial charge in [-0.25, -0.2) is 0 Å². The predicted molar refractivity (Wildman–Crippen MR) is 53.8 cm³/mol. The first-order valence-corrected chi connectivity index (χ1v) is 4.57. The molecule has 0 atom stereocenters. The van der Waals surface area contributed by atoms with Gasteiger partial charge in [-0.1, -0.05) is 17.3 Å². The zero-order chi connectivity index (χ0) is 11.7. The van der Waals surface area contributed by atoms with Gasteiger partial charge in [0.25, 0.3) is 5.89 Å². The van der Waals surface area contributed by atoms with Crippen molar-refractivity contribution >= 4 is 5.69 Å². The molecule has 2 N–H and O–H groups in total. The molecule has 0 radical (unpaired) electrons. The van der Waals surface area contributed by atoms with Crippen LogP contribution in [0.5, 0.6) is 0 Å². The number of nitrogens with zero attached hydrogens (tertiary/aromatic N) is 2. The Morgan fingerprint density at radius 2 is 2.12 bits per heavy atom. The zero-order valence-corrected chi connectivity index (χ0v) is 8.45. The summed E-state index contributed by atoms with van der Waals surface area (Å²) < 4.78 is 28.9. The molecule has 4 nitrogen and oxygen atoms in total. The maximum atomic E-state index is 12.3. The molecule has 0 saturated carbocycles. The van der Waals surface area contributed by atoms with E-state index in [1.807, 2.05) is 0 Å². The van der Waals surface area contributed by atoms with Crippen LogP contribution in [0, 0.1) is 6.92 Å². The molecule has 1 aromatic heterocycles. The van der Waals surface area contributed by atoms with Gasteiger partial charge in [-0.2, -0.15) is 13.8 Å². The minimum absolute atomic E-state index is 0.125. The van der Waals surface area contributed by atoms with E-state index in [0.717, 1.165) is 5.56 Å². The van der Waals surface area contributed by atoms with Crippen LogP contribution < -0.4 is 5.73 Å². The van der Waals surface area contributed by atoms with Gasteiger partial charge in [-0.05, 0) is 18.6 Å². The summed E-state index contributed by atoms with van der Waals surface area (Å²) in [5.74, 6) is -0.558. The smallest absolute Gasteiger partial charge is 0.315 e. The Balaban J connectivity index is 2.47. The topological polar surface area (TPSA) is 64.9 Å². The van der Waals surface area contributed by atoms with Gasteiger partial charge in [0, 0.05) is 11.3 Å². The van der Waals surface area contributed by atoms with Crippen molar-refractivity contribution in [2.75, 3.05) is 5.73 Å². The number of alkyl halides is 2. The second-order valence-electron chi connectivity index (χ2n) is 3.28. The van der Waals surface area contributed by atoms with Crippen LogP contribution in [-0.2, 0) is 0 Å². The number of hydrogen-bond donors (Lipinski definition) is 1. The van der Waals surface area contributed by atoms with Crippen LogP contribution in [0.3, 0.4) is 0 Å². The number of halogens is 2. The molecule has 0 saturated heterocycles. The van der Waals surface area contributed by atoms with E-state index >= 15 is 0 Å². The Bertz CT molecular complexity index is 511. The van der Waals surface area contributed by atoms with Crippen molar-refractivity contribution in [1.82, 2.24) is 10.1 Å². The van der Waals surface area contributed by atoms with Gasteiger partial charge in [0.05, 0.1) is 0 Å². The molecule has 0 aliphatic rings. The minimum atomic E-state index is -2.76. The van der Waals surface area contributed by atoms with Crippen molar-refractivity contribution in [2.45, 2.75) is 13.3 Å². The summed E-state index contributed by atoms with van der Waals surface area (Å²) in [6, 6.07) is 5.12. The van der Waals surface area contributed by atoms with Crippen LogP contribution in [0.2, 0.25) is 0 Å². The van der Waals surface area contributed by atoms with Crippen molar-refractivity contribution in [3.05, 3.63) is 29.7 Å². The van der Waals surface area contributed by atoms with E-state index in [0.29, 0.717) is 11.3 Å². The Labute approximate surface area is 90.1 Å². The fraction of sp³-hybridized carbons (Fsp3) is 0.200. The molecule has 0 amide bonds. The second-order valence-corrected chi connectivity index (χ2v) is 3.28. The average molecular weight is 225 g/mol. The number of aromatic nitrogens is 2. The lowest BCUT2D eigenvalue weighted by Crippen LogP contribution is -1.93. The molecule has 0 fully saturated rings. The molecule has 1 heterocycles. The Morgan fingerprint density at radius 3 is 2.75 bits per heavy atom. The van der Waals surface area contributed by atoms with Crippen molar-refractivity contribution in [1.29, 1.82) is 0 Å². The van der Waals surface area contributed by atoms with Gasteiger partial charge in [-0.3, -0.25) is 0 Å². The molecular weight excluding hydrogens is 216 g/mol. The highest BCUT2D eigenvalue weighted by Crippen LogP contribution is 2.26. The third-order valence-electron chi connectivity index (χ3n) is 2.25. The number of rotatable bonds is 2. The summed E-state index contributed by atoms with van der Waals surface area (Å²) in [5.41, 5.74) is 7.58. The Hall–Kier alpha value is -1.98. The van der Waals surface area contributed by atoms with E-state index in [-0.39, 0.29) is 5.82 Å². The van der Waals surface area contributed by atoms with Crippen molar-refractivity contribution in [3.63, 3.8) is 0 Å². The van der Waals surface area contributed by atoms with Crippen LogP contribution in [0.25, 0.3) is 11.4 Å². The van der Waals surface area contributed by atoms with Crippen LogP contribution >= 0.6 is 0 Å². The fourth-order valence-electron chi connectivity index (χ4n) is 1.33. The lowest BCUT2D eigenvalue weighted by atomic mass is 10.1. The van der Waals surface area contributed by atoms with Gasteiger partial charge in [-0.15, -0.1) is 0 Å². The zero-order valence-electron chi connectivity index (χ0n) is 8.45. The van der Waals surface area contributed by atoms with E-state index in [9.17, 15) is 8.78 Å². The van der Waals surface area contributed by atoms with Crippen molar-refractivity contribution in [3.8, 4) is 11.4 Å². The van der Waals surface area contributed by atoms with Gasteiger partial charge in [0.1, 0.15) is 0 Å². The predicted octanol–water partition coefficient (Wildman–Crippen LogP) is 2.56. The molecule has 84 valence electrons. The molecular formula is C10H9F2N3O. The van der Waals surface area contributed by atoms with E-state index in [2.05, 4.69) is 14.7 Å². The van der Waals surface area contributed by atoms with Gasteiger partial charge < -0.3 is 10.3 Å². The molecule has 0 aliphatic heterocycles. The van der Waals surface area contributed by atoms with E-state index < -0.39 is 12.3 Å². The number of nitrogen functional groups attached to an aromatic ring is 1. The summed E-state index contributed by atoms with van der Waals surface area (Å²) in [5, 5.41) is 3.49. The van der Waals surface area contributed by atoms with Crippen molar-refractivity contribution < 1.29 is 13.3 Å². The third-order valence-corrected chi connectivity index (χ3v) is 2.25. The summed E-state index contributed by atoms with van der Waals surface area (Å²) in [7, 11) is 0. The highest BCUT2D eigenvalue weighted by Gasteiger charge is 2.18. The van der Waals surface area contributed by atoms with E-state index in [1.54, 1.807) is 25.1 Å². The van der Waals surface area contributed by atoms with Crippen LogP contribution in [0.15, 0.2) is 22.7 Å². The maximum absolute atomic E-state index is 12.3. The highest BCUT2D eigenvalue weighted by atomic mass is 19.3. The van der Waals surface area contributed by atoms with E-state index in [4.69, 9.17) is 5.73 Å². The first-order chi connectivity index (χ1) is 7.59. The lowest BCUT2D eigenvalue weighted by molar-refractivity contribution is 0.106. The van der Waals surface area contributed by atoms with Gasteiger partial charge in [0.15, 0.2) is 0 Å². The Kier molecular flexibility index (Phi) is 2.55. The quantitative estimate of drug-likeness (QED) is 0.797. The molecule has 0 unspecified atom stereocenters. The minimum Gasteiger partial charge on any atom is -0.398 e. The van der Waals surface area contributed by atoms with Gasteiger partial charge in [0.2, 0.25) is 5.82 Å². The monoisotopic (exact) mass is 225 g/mol. The molecule has 16 heavy (non-hydrogen) atoms. The molecule has 2 aromatic rings. The Morgan fingerprint density at radius 1 is 1.38 bits per heavy atom. The van der Waals surface area contributed by atoms with Crippen LogP contribution in [0.4, 0.5) is 14.5 Å². The molecule has 0 spiro atoms. The van der Waals surface area contributed by atoms with E-state index in [1.165, 1.54) is 0 Å². The van der Waals surface area contributed by atoms with Crippen LogP contribution in [-0.4, -0.2) is 10.1 Å². The first-order valence-electron chi connectivity index (χ1n) is 4.57. The normalized spacial score (nSPS) is 11.0. The summed E-state index contributed by atoms with van der Waals surface area (Å²) in [6.07, 6.45) is -2.76. The standard InChI is InChI=1S/C10H9F2N3O/c1-5-6(3-2-4-7(5)13)9-14-10(8(11)12)16-15-9/h2-4,8H,13H2,1H3. The third kappa shape index (κ3) is 1.73. The highest BCUT2D eigenvalue weighted by molar-refractivity contribution is 5.67. The first kappa shape index (κ1) is 10.5. The second kappa shape index (κ2) is 3.88. The molecule has 6 heteroatoms. The number of hydrogen-bond acceptors (Lipinski definition) is 4. The summed E-state index contributed by atoms with van der Waals surface area (Å²) >= 11 is 0. The number of anilines is 1. The average Bonchev–Trinajstić information content (AvgIpc) is 2.71. The molecule has 0 bridgehead atoms. The molecule has 1 aromatic carbocycles.